The van der Waals surface area contributed by atoms with Gasteiger partial charge in [0.05, 0.1) is 36.1 Å². The molecule has 0 saturated heterocycles. The number of carbonyl (C=O) groups is 2. The Bertz CT molecular complexity index is 1010. The second kappa shape index (κ2) is 14.9. The first-order chi connectivity index (χ1) is 17.6. The maximum absolute atomic E-state index is 12.5. The molecule has 0 bridgehead atoms. The molecule has 0 aliphatic heterocycles. The van der Waals surface area contributed by atoms with Crippen LogP contribution in [0.15, 0.2) is 85.3 Å². The van der Waals surface area contributed by atoms with Crippen molar-refractivity contribution in [2.24, 2.45) is 10.8 Å². The van der Waals surface area contributed by atoms with Gasteiger partial charge in [-0.15, -0.1) is 0 Å². The number of hydrogen-bond acceptors (Lipinski definition) is 6. The molecule has 0 aliphatic rings. The van der Waals surface area contributed by atoms with Crippen LogP contribution in [0.1, 0.15) is 58.1 Å². The van der Waals surface area contributed by atoms with Crippen LogP contribution in [0.25, 0.3) is 0 Å². The summed E-state index contributed by atoms with van der Waals surface area (Å²) in [5, 5.41) is 0. The molecule has 0 radical (unpaired) electrons. The van der Waals surface area contributed by atoms with Crippen LogP contribution in [-0.2, 0) is 41.8 Å². The molecule has 0 saturated carbocycles. The lowest BCUT2D eigenvalue weighted by Gasteiger charge is -2.23. The molecule has 0 amide bonds. The van der Waals surface area contributed by atoms with E-state index in [1.807, 2.05) is 94.4 Å². The van der Waals surface area contributed by atoms with Crippen LogP contribution < -0.4 is 0 Å². The van der Waals surface area contributed by atoms with Gasteiger partial charge in [-0.25, -0.2) is 0 Å². The normalized spacial score (nSPS) is 11.7. The number of benzene rings is 2. The van der Waals surface area contributed by atoms with Crippen molar-refractivity contribution in [3.8, 4) is 0 Å². The summed E-state index contributed by atoms with van der Waals surface area (Å²) in [7, 11) is 0. The summed E-state index contributed by atoms with van der Waals surface area (Å²) in [6.07, 6.45) is 4.96. The molecule has 0 heterocycles. The Hall–Kier alpha value is -3.54. The van der Waals surface area contributed by atoms with Crippen molar-refractivity contribution >= 4 is 11.9 Å². The molecule has 0 aromatic heterocycles. The first-order valence-corrected chi connectivity index (χ1v) is 12.6. The molecule has 0 N–H and O–H groups in total. The Kier molecular flexibility index (Phi) is 11.9. The molecule has 6 nitrogen and oxygen atoms in total. The van der Waals surface area contributed by atoms with Crippen molar-refractivity contribution in [2.75, 3.05) is 13.2 Å². The van der Waals surface area contributed by atoms with E-state index in [1.165, 1.54) is 0 Å². The summed E-state index contributed by atoms with van der Waals surface area (Å²) in [5.74, 6) is -0.00537. The minimum Gasteiger partial charge on any atom is -0.501 e. The Morgan fingerprint density at radius 2 is 1.27 bits per heavy atom. The van der Waals surface area contributed by atoms with Crippen LogP contribution in [0, 0.1) is 10.8 Å². The zero-order valence-corrected chi connectivity index (χ0v) is 22.5. The highest BCUT2D eigenvalue weighted by atomic mass is 16.5. The van der Waals surface area contributed by atoms with Crippen molar-refractivity contribution in [1.29, 1.82) is 0 Å². The van der Waals surface area contributed by atoms with E-state index in [2.05, 4.69) is 6.58 Å². The maximum atomic E-state index is 12.5. The van der Waals surface area contributed by atoms with Crippen LogP contribution in [0.4, 0.5) is 0 Å². The van der Waals surface area contributed by atoms with E-state index >= 15 is 0 Å². The largest absolute Gasteiger partial charge is 0.501 e. The van der Waals surface area contributed by atoms with Gasteiger partial charge < -0.3 is 18.9 Å². The predicted molar refractivity (Wildman–Crippen MR) is 144 cm³/mol. The highest BCUT2D eigenvalue weighted by Crippen LogP contribution is 2.27. The second-order valence-corrected chi connectivity index (χ2v) is 10.3. The minimum absolute atomic E-state index is 0.243. The monoisotopic (exact) mass is 508 g/mol. The molecule has 0 fully saturated rings. The molecular formula is C31H40O6. The van der Waals surface area contributed by atoms with Gasteiger partial charge in [0.25, 0.3) is 0 Å². The topological polar surface area (TPSA) is 71.1 Å². The summed E-state index contributed by atoms with van der Waals surface area (Å²) in [5.41, 5.74) is 0.523. The smallest absolute Gasteiger partial charge is 0.312 e. The van der Waals surface area contributed by atoms with Crippen molar-refractivity contribution in [2.45, 2.75) is 60.2 Å². The fourth-order valence-corrected chi connectivity index (χ4v) is 3.37. The molecular weight excluding hydrogens is 468 g/mol. The van der Waals surface area contributed by atoms with Crippen molar-refractivity contribution in [1.82, 2.24) is 0 Å². The van der Waals surface area contributed by atoms with Gasteiger partial charge in [-0.1, -0.05) is 67.2 Å². The standard InChI is InChI=1S/C31H40O6/c1-25(22-31(4,5)29(33)37-24-27-16-10-7-11-17-27)35-21-13-20-34-19-12-18-30(2,3)28(32)36-23-26-14-8-6-9-15-26/h6-12,14-17,19H,1,13,18,20-24H2,2-5H3. The molecule has 200 valence electrons. The van der Waals surface area contributed by atoms with Gasteiger partial charge in [0, 0.05) is 12.8 Å². The summed E-state index contributed by atoms with van der Waals surface area (Å²) < 4.78 is 22.1. The second-order valence-electron chi connectivity index (χ2n) is 10.3. The van der Waals surface area contributed by atoms with E-state index in [9.17, 15) is 9.59 Å². The quantitative estimate of drug-likeness (QED) is 0.142. The number of allylic oxidation sites excluding steroid dienone is 2. The summed E-state index contributed by atoms with van der Waals surface area (Å²) >= 11 is 0. The zero-order chi connectivity index (χ0) is 27.2. The number of carbonyl (C=O) groups excluding carboxylic acids is 2. The Labute approximate surface area is 221 Å². The van der Waals surface area contributed by atoms with E-state index in [4.69, 9.17) is 18.9 Å². The molecule has 0 aliphatic carbocycles. The van der Waals surface area contributed by atoms with Gasteiger partial charge in [-0.2, -0.15) is 0 Å². The Morgan fingerprint density at radius 1 is 0.757 bits per heavy atom. The first kappa shape index (κ1) is 29.7. The fourth-order valence-electron chi connectivity index (χ4n) is 3.37. The van der Waals surface area contributed by atoms with E-state index in [0.717, 1.165) is 11.1 Å². The lowest BCUT2D eigenvalue weighted by molar-refractivity contribution is -0.156. The number of rotatable bonds is 16. The number of esters is 2. The molecule has 2 aromatic carbocycles. The molecule has 2 rings (SSSR count). The molecule has 0 spiro atoms. The van der Waals surface area contributed by atoms with Gasteiger partial charge in [-0.05, 0) is 51.3 Å². The molecule has 37 heavy (non-hydrogen) atoms. The SMILES string of the molecule is C=C(CC(C)(C)C(=O)OCc1ccccc1)OCCCOC=CCC(C)(C)C(=O)OCc1ccccc1. The van der Waals surface area contributed by atoms with Crippen LogP contribution >= 0.6 is 0 Å². The maximum Gasteiger partial charge on any atom is 0.312 e. The van der Waals surface area contributed by atoms with E-state index in [-0.39, 0.29) is 25.2 Å². The molecule has 6 heteroatoms. The molecule has 2 aromatic rings. The molecule has 0 atom stereocenters. The average Bonchev–Trinajstić information content (AvgIpc) is 2.88. The van der Waals surface area contributed by atoms with Crippen molar-refractivity contribution in [3.05, 3.63) is 96.5 Å². The van der Waals surface area contributed by atoms with Gasteiger partial charge in [0.2, 0.25) is 0 Å². The van der Waals surface area contributed by atoms with Gasteiger partial charge in [-0.3, -0.25) is 9.59 Å². The minimum atomic E-state index is -0.736. The molecule has 0 unspecified atom stereocenters. The van der Waals surface area contributed by atoms with Gasteiger partial charge >= 0.3 is 11.9 Å². The third kappa shape index (κ3) is 11.4. The van der Waals surface area contributed by atoms with Crippen LogP contribution in [0.5, 0.6) is 0 Å². The summed E-state index contributed by atoms with van der Waals surface area (Å²) in [4.78, 5) is 24.9. The Morgan fingerprint density at radius 3 is 1.81 bits per heavy atom. The summed E-state index contributed by atoms with van der Waals surface area (Å²) in [6, 6.07) is 19.2. The lowest BCUT2D eigenvalue weighted by Crippen LogP contribution is -2.27. The first-order valence-electron chi connectivity index (χ1n) is 12.6. The number of hydrogen-bond donors (Lipinski definition) is 0. The highest BCUT2D eigenvalue weighted by molar-refractivity contribution is 5.76. The predicted octanol–water partition coefficient (Wildman–Crippen LogP) is 6.76. The van der Waals surface area contributed by atoms with E-state index in [0.29, 0.717) is 38.2 Å². The van der Waals surface area contributed by atoms with Crippen molar-refractivity contribution in [3.63, 3.8) is 0 Å². The summed E-state index contributed by atoms with van der Waals surface area (Å²) in [6.45, 7) is 12.7. The Balaban J connectivity index is 1.57. The van der Waals surface area contributed by atoms with E-state index < -0.39 is 10.8 Å². The van der Waals surface area contributed by atoms with Crippen LogP contribution in [-0.4, -0.2) is 25.2 Å². The van der Waals surface area contributed by atoms with Gasteiger partial charge in [0.15, 0.2) is 0 Å². The zero-order valence-electron chi connectivity index (χ0n) is 22.5. The van der Waals surface area contributed by atoms with Crippen molar-refractivity contribution < 1.29 is 28.5 Å². The van der Waals surface area contributed by atoms with E-state index in [1.54, 1.807) is 6.26 Å². The third-order valence-corrected chi connectivity index (χ3v) is 5.70. The third-order valence-electron chi connectivity index (χ3n) is 5.70. The number of ether oxygens (including phenoxy) is 4. The van der Waals surface area contributed by atoms with Crippen LogP contribution in [0.2, 0.25) is 0 Å². The lowest BCUT2D eigenvalue weighted by atomic mass is 9.89. The fraction of sp³-hybridized carbons (Fsp3) is 0.419. The highest BCUT2D eigenvalue weighted by Gasteiger charge is 2.31. The average molecular weight is 509 g/mol. The van der Waals surface area contributed by atoms with Gasteiger partial charge in [0.1, 0.15) is 13.2 Å². The van der Waals surface area contributed by atoms with Crippen LogP contribution in [0.3, 0.4) is 0 Å².